The number of hydrogen-bond acceptors (Lipinski definition) is 6. The van der Waals surface area contributed by atoms with Crippen LogP contribution in [-0.2, 0) is 27.1 Å². The quantitative estimate of drug-likeness (QED) is 0.165. The number of halogens is 4. The Kier molecular flexibility index (Phi) is 10.7. The van der Waals surface area contributed by atoms with Gasteiger partial charge in [0.25, 0.3) is 5.91 Å². The third kappa shape index (κ3) is 7.98. The zero-order chi connectivity index (χ0) is 34.6. The molecule has 3 aromatic rings. The Bertz CT molecular complexity index is 1620. The fourth-order valence-corrected chi connectivity index (χ4v) is 6.60. The van der Waals surface area contributed by atoms with E-state index in [1.807, 2.05) is 24.3 Å². The summed E-state index contributed by atoms with van der Waals surface area (Å²) in [5, 5.41) is 6.14. The number of carbonyl (C=O) groups is 3. The Hall–Kier alpha value is -4.45. The molecule has 3 atom stereocenters. The Balaban J connectivity index is 1.45. The molecule has 0 spiro atoms. The van der Waals surface area contributed by atoms with Crippen LogP contribution in [0.3, 0.4) is 0 Å². The number of rotatable bonds is 9. The zero-order valence-electron chi connectivity index (χ0n) is 26.9. The molecule has 1 aliphatic heterocycles. The van der Waals surface area contributed by atoms with Gasteiger partial charge in [0, 0.05) is 29.5 Å². The van der Waals surface area contributed by atoms with Crippen LogP contribution >= 0.6 is 0 Å². The average molecular weight is 669 g/mol. The van der Waals surface area contributed by atoms with E-state index in [0.29, 0.717) is 30.0 Å². The number of esters is 1. The maximum Gasteiger partial charge on any atom is 0.416 e. The normalized spacial score (nSPS) is 19.1. The number of aryl methyl sites for hydroxylation is 1. The minimum Gasteiger partial charge on any atom is -0.460 e. The number of amides is 2. The number of carbonyl (C=O) groups excluding carboxylic acids is 3. The van der Waals surface area contributed by atoms with Crippen LogP contribution in [0.15, 0.2) is 60.7 Å². The van der Waals surface area contributed by atoms with Gasteiger partial charge in [-0.15, -0.1) is 0 Å². The number of nitrogens with two attached hydrogens (primary N) is 1. The van der Waals surface area contributed by atoms with Gasteiger partial charge in [-0.05, 0) is 81.0 Å². The summed E-state index contributed by atoms with van der Waals surface area (Å²) in [6, 6.07) is 13.6. The molecule has 4 N–H and O–H groups in total. The van der Waals surface area contributed by atoms with E-state index < -0.39 is 59.9 Å². The number of piperidine rings is 1. The summed E-state index contributed by atoms with van der Waals surface area (Å²) in [7, 11) is 0. The summed E-state index contributed by atoms with van der Waals surface area (Å²) >= 11 is 0. The standard InChI is InChI=1S/C36H40F4N4O4/c1-21-7-5-11-30(37)31(21)34(46)44-18-6-10-28(32(44)23-12-15-26(16-13-23)42-25-8-3-4-9-25)33(45)43-27-17-14-24(20-48-35(47)22(2)41)29(19-27)36(38,39)40/h5,7,11-17,19,22,25,28,32,42H,3-4,6,8-10,18,20,41H2,1-2H3,(H,43,45)/t22-,28-,32-/m0/s1. The molecular formula is C36H40F4N4O4. The lowest BCUT2D eigenvalue weighted by molar-refractivity contribution is -0.148. The molecule has 0 radical (unpaired) electrons. The molecule has 2 amide bonds. The van der Waals surface area contributed by atoms with E-state index >= 15 is 4.39 Å². The molecule has 0 aromatic heterocycles. The number of nitrogens with zero attached hydrogens (tertiary/aromatic N) is 1. The fourth-order valence-electron chi connectivity index (χ4n) is 6.60. The van der Waals surface area contributed by atoms with E-state index in [1.54, 1.807) is 13.0 Å². The SMILES string of the molecule is Cc1cccc(F)c1C(=O)N1CCC[C@H](C(=O)Nc2ccc(COC(=O)[C@H](C)N)c(C(F)(F)F)c2)[C@@H]1c1ccc(NC2CCCC2)cc1. The Labute approximate surface area is 277 Å². The minimum atomic E-state index is -4.81. The van der Waals surface area contributed by atoms with Gasteiger partial charge in [-0.3, -0.25) is 14.4 Å². The molecule has 1 aliphatic carbocycles. The molecule has 256 valence electrons. The molecule has 5 rings (SSSR count). The first-order valence-electron chi connectivity index (χ1n) is 16.2. The Morgan fingerprint density at radius 3 is 2.31 bits per heavy atom. The number of likely N-dealkylation sites (tertiary alicyclic amines) is 1. The summed E-state index contributed by atoms with van der Waals surface area (Å²) in [6.45, 7) is 2.61. The van der Waals surface area contributed by atoms with Crippen molar-refractivity contribution >= 4 is 29.2 Å². The molecule has 1 heterocycles. The van der Waals surface area contributed by atoms with Gasteiger partial charge >= 0.3 is 12.1 Å². The van der Waals surface area contributed by atoms with Gasteiger partial charge in [0.1, 0.15) is 18.5 Å². The van der Waals surface area contributed by atoms with E-state index in [0.717, 1.165) is 43.5 Å². The highest BCUT2D eigenvalue weighted by molar-refractivity contribution is 5.98. The highest BCUT2D eigenvalue weighted by Crippen LogP contribution is 2.40. The molecule has 1 saturated heterocycles. The van der Waals surface area contributed by atoms with Gasteiger partial charge in [0.2, 0.25) is 5.91 Å². The van der Waals surface area contributed by atoms with Gasteiger partial charge in [-0.25, -0.2) is 4.39 Å². The molecule has 48 heavy (non-hydrogen) atoms. The average Bonchev–Trinajstić information content (AvgIpc) is 3.56. The second-order valence-corrected chi connectivity index (χ2v) is 12.6. The van der Waals surface area contributed by atoms with E-state index in [-0.39, 0.29) is 23.4 Å². The van der Waals surface area contributed by atoms with Crippen molar-refractivity contribution < 1.29 is 36.7 Å². The second kappa shape index (κ2) is 14.8. The third-order valence-corrected chi connectivity index (χ3v) is 9.07. The second-order valence-electron chi connectivity index (χ2n) is 12.6. The van der Waals surface area contributed by atoms with Crippen molar-refractivity contribution in [3.63, 3.8) is 0 Å². The van der Waals surface area contributed by atoms with Gasteiger partial charge in [-0.1, -0.05) is 43.2 Å². The Morgan fingerprint density at radius 1 is 0.979 bits per heavy atom. The van der Waals surface area contributed by atoms with Gasteiger partial charge in [-0.2, -0.15) is 13.2 Å². The summed E-state index contributed by atoms with van der Waals surface area (Å²) in [5.41, 5.74) is 5.88. The topological polar surface area (TPSA) is 114 Å². The van der Waals surface area contributed by atoms with Crippen molar-refractivity contribution in [2.24, 2.45) is 11.7 Å². The molecule has 0 bridgehead atoms. The lowest BCUT2D eigenvalue weighted by Gasteiger charge is -2.41. The highest BCUT2D eigenvalue weighted by Gasteiger charge is 2.41. The number of hydrogen-bond donors (Lipinski definition) is 3. The molecule has 8 nitrogen and oxygen atoms in total. The molecule has 12 heteroatoms. The van der Waals surface area contributed by atoms with Crippen LogP contribution in [0.4, 0.5) is 28.9 Å². The van der Waals surface area contributed by atoms with Crippen LogP contribution in [0.2, 0.25) is 0 Å². The molecule has 3 aromatic carbocycles. The van der Waals surface area contributed by atoms with E-state index in [4.69, 9.17) is 10.5 Å². The van der Waals surface area contributed by atoms with Crippen LogP contribution in [0.5, 0.6) is 0 Å². The first-order chi connectivity index (χ1) is 22.8. The maximum atomic E-state index is 15.0. The zero-order valence-corrected chi connectivity index (χ0v) is 26.9. The van der Waals surface area contributed by atoms with Crippen molar-refractivity contribution in [1.29, 1.82) is 0 Å². The number of anilines is 2. The molecule has 2 aliphatic rings. The van der Waals surface area contributed by atoms with Gasteiger partial charge in [0.05, 0.1) is 23.1 Å². The van der Waals surface area contributed by atoms with Gasteiger partial charge in [0.15, 0.2) is 0 Å². The maximum absolute atomic E-state index is 15.0. The lowest BCUT2D eigenvalue weighted by Crippen LogP contribution is -2.46. The van der Waals surface area contributed by atoms with Crippen LogP contribution in [-0.4, -0.2) is 41.3 Å². The van der Waals surface area contributed by atoms with Crippen molar-refractivity contribution in [3.8, 4) is 0 Å². The summed E-state index contributed by atoms with van der Waals surface area (Å²) in [6.07, 6.45) is 0.435. The van der Waals surface area contributed by atoms with Crippen molar-refractivity contribution in [1.82, 2.24) is 4.90 Å². The largest absolute Gasteiger partial charge is 0.460 e. The van der Waals surface area contributed by atoms with Crippen molar-refractivity contribution in [3.05, 3.63) is 94.3 Å². The van der Waals surface area contributed by atoms with Crippen LogP contribution in [0.25, 0.3) is 0 Å². The van der Waals surface area contributed by atoms with Crippen molar-refractivity contribution in [2.45, 2.75) is 83.3 Å². The number of benzene rings is 3. The molecule has 0 unspecified atom stereocenters. The predicted molar refractivity (Wildman–Crippen MR) is 173 cm³/mol. The van der Waals surface area contributed by atoms with Gasteiger partial charge < -0.3 is 26.0 Å². The van der Waals surface area contributed by atoms with E-state index in [1.165, 1.54) is 30.0 Å². The molecular weight excluding hydrogens is 628 g/mol. The Morgan fingerprint density at radius 2 is 1.67 bits per heavy atom. The summed E-state index contributed by atoms with van der Waals surface area (Å²) < 4.78 is 62.1. The molecule has 2 fully saturated rings. The van der Waals surface area contributed by atoms with Crippen molar-refractivity contribution in [2.75, 3.05) is 17.2 Å². The number of alkyl halides is 3. The van der Waals surface area contributed by atoms with Crippen LogP contribution < -0.4 is 16.4 Å². The molecule has 1 saturated carbocycles. The minimum absolute atomic E-state index is 0.0850. The highest BCUT2D eigenvalue weighted by atomic mass is 19.4. The number of nitrogens with one attached hydrogen (secondary N) is 2. The summed E-state index contributed by atoms with van der Waals surface area (Å²) in [5.74, 6) is -3.53. The monoisotopic (exact) mass is 668 g/mol. The first-order valence-corrected chi connectivity index (χ1v) is 16.2. The van der Waals surface area contributed by atoms with E-state index in [2.05, 4.69) is 10.6 Å². The predicted octanol–water partition coefficient (Wildman–Crippen LogP) is 7.13. The summed E-state index contributed by atoms with van der Waals surface area (Å²) in [4.78, 5) is 41.2. The number of ether oxygens (including phenoxy) is 1. The first kappa shape index (κ1) is 34.9. The van der Waals surface area contributed by atoms with Crippen LogP contribution in [0, 0.1) is 18.7 Å². The smallest absolute Gasteiger partial charge is 0.416 e. The third-order valence-electron chi connectivity index (χ3n) is 9.07. The lowest BCUT2D eigenvalue weighted by atomic mass is 9.83. The van der Waals surface area contributed by atoms with Crippen LogP contribution in [0.1, 0.15) is 84.1 Å². The van der Waals surface area contributed by atoms with E-state index in [9.17, 15) is 27.6 Å². The fraction of sp³-hybridized carbons (Fsp3) is 0.417.